The molecule has 0 saturated heterocycles. The Labute approximate surface area is 197 Å². The van der Waals surface area contributed by atoms with Gasteiger partial charge >= 0.3 is 5.97 Å². The van der Waals surface area contributed by atoms with Gasteiger partial charge in [0.1, 0.15) is 12.4 Å². The largest absolute Gasteiger partial charge is 0.457 e. The summed E-state index contributed by atoms with van der Waals surface area (Å²) in [6, 6.07) is 23.1. The minimum atomic E-state index is -0.425. The zero-order valence-corrected chi connectivity index (χ0v) is 18.4. The summed E-state index contributed by atoms with van der Waals surface area (Å²) < 4.78 is 19.1. The fourth-order valence-electron chi connectivity index (χ4n) is 4.44. The minimum Gasteiger partial charge on any atom is -0.457 e. The van der Waals surface area contributed by atoms with Crippen molar-refractivity contribution in [3.05, 3.63) is 112 Å². The first-order valence-electron chi connectivity index (χ1n) is 11.2. The maximum absolute atomic E-state index is 13.4. The quantitative estimate of drug-likeness (QED) is 0.335. The van der Waals surface area contributed by atoms with Crippen molar-refractivity contribution in [3.63, 3.8) is 0 Å². The van der Waals surface area contributed by atoms with Gasteiger partial charge in [0.2, 0.25) is 0 Å². The summed E-state index contributed by atoms with van der Waals surface area (Å²) in [6.07, 6.45) is 4.42. The summed E-state index contributed by atoms with van der Waals surface area (Å²) >= 11 is 0. The number of hydrogen-bond donors (Lipinski definition) is 0. The number of para-hydroxylation sites is 1. The van der Waals surface area contributed by atoms with Crippen LogP contribution in [0.1, 0.15) is 51.1 Å². The van der Waals surface area contributed by atoms with E-state index >= 15 is 0 Å². The number of benzene rings is 3. The molecule has 0 unspecified atom stereocenters. The summed E-state index contributed by atoms with van der Waals surface area (Å²) in [5.41, 5.74) is 5.97. The van der Waals surface area contributed by atoms with E-state index in [0.717, 1.165) is 46.1 Å². The zero-order valence-electron chi connectivity index (χ0n) is 18.4. The number of nitrogens with zero attached hydrogens (tertiary/aromatic N) is 2. The number of esters is 1. The van der Waals surface area contributed by atoms with Gasteiger partial charge in [0.05, 0.1) is 28.4 Å². The molecular weight excluding hydrogens is 427 g/mol. The van der Waals surface area contributed by atoms with Gasteiger partial charge in [-0.2, -0.15) is 5.26 Å². The Kier molecular flexibility index (Phi) is 5.88. The van der Waals surface area contributed by atoms with Crippen molar-refractivity contribution in [1.29, 1.82) is 5.26 Å². The number of aromatic nitrogens is 1. The molecule has 1 aliphatic carbocycles. The van der Waals surface area contributed by atoms with Gasteiger partial charge in [-0.05, 0) is 66.3 Å². The van der Waals surface area contributed by atoms with Crippen LogP contribution in [0, 0.1) is 17.1 Å². The first-order valence-corrected chi connectivity index (χ1v) is 11.2. The van der Waals surface area contributed by atoms with Gasteiger partial charge in [-0.15, -0.1) is 0 Å². The highest BCUT2D eigenvalue weighted by Gasteiger charge is 2.26. The highest BCUT2D eigenvalue weighted by Crippen LogP contribution is 2.36. The van der Waals surface area contributed by atoms with E-state index in [-0.39, 0.29) is 12.4 Å². The lowest BCUT2D eigenvalue weighted by atomic mass is 9.86. The highest BCUT2D eigenvalue weighted by molar-refractivity contribution is 6.06. The summed E-state index contributed by atoms with van der Waals surface area (Å²) in [5.74, 6) is -0.705. The monoisotopic (exact) mass is 448 g/mol. The number of carbonyl (C=O) groups is 1. The maximum atomic E-state index is 13.4. The highest BCUT2D eigenvalue weighted by atomic mass is 19.1. The molecule has 0 aliphatic heterocycles. The fourth-order valence-corrected chi connectivity index (χ4v) is 4.44. The van der Waals surface area contributed by atoms with Crippen LogP contribution >= 0.6 is 0 Å². The molecule has 0 spiro atoms. The van der Waals surface area contributed by atoms with Crippen LogP contribution in [0.4, 0.5) is 4.39 Å². The average Bonchev–Trinajstić information content (AvgIpc) is 2.87. The first kappa shape index (κ1) is 21.5. The number of ether oxygens (including phenoxy) is 1. The molecule has 0 saturated carbocycles. The number of pyridine rings is 1. The second kappa shape index (κ2) is 9.29. The molecule has 1 aliphatic rings. The van der Waals surface area contributed by atoms with Crippen molar-refractivity contribution in [2.24, 2.45) is 0 Å². The molecule has 1 aromatic heterocycles. The Balaban J connectivity index is 1.57. The molecule has 0 atom stereocenters. The summed E-state index contributed by atoms with van der Waals surface area (Å²) in [6.45, 7) is 0.0201. The van der Waals surface area contributed by atoms with Crippen LogP contribution in [0.15, 0.2) is 72.8 Å². The third-order valence-corrected chi connectivity index (χ3v) is 6.08. The van der Waals surface area contributed by atoms with E-state index in [9.17, 15) is 14.4 Å². The molecule has 166 valence electrons. The Morgan fingerprint density at radius 3 is 2.62 bits per heavy atom. The topological polar surface area (TPSA) is 63.0 Å². The van der Waals surface area contributed by atoms with E-state index in [0.29, 0.717) is 23.1 Å². The molecule has 0 fully saturated rings. The number of allylic oxidation sites excluding steroid dienone is 1. The second-order valence-electron chi connectivity index (χ2n) is 8.25. The molecule has 4 aromatic rings. The number of rotatable bonds is 4. The number of halogens is 1. The van der Waals surface area contributed by atoms with Gasteiger partial charge in [-0.1, -0.05) is 48.5 Å². The zero-order chi connectivity index (χ0) is 23.5. The smallest absolute Gasteiger partial charge is 0.339 e. The van der Waals surface area contributed by atoms with Crippen LogP contribution in [0.5, 0.6) is 0 Å². The van der Waals surface area contributed by atoms with E-state index < -0.39 is 5.97 Å². The Morgan fingerprint density at radius 2 is 1.79 bits per heavy atom. The Bertz CT molecular complexity index is 1470. The van der Waals surface area contributed by atoms with Crippen molar-refractivity contribution in [1.82, 2.24) is 4.98 Å². The Hall–Kier alpha value is -4.30. The molecule has 34 heavy (non-hydrogen) atoms. The normalized spacial score (nSPS) is 13.9. The molecular formula is C29H21FN2O2. The lowest BCUT2D eigenvalue weighted by Gasteiger charge is -2.22. The summed E-state index contributed by atoms with van der Waals surface area (Å²) in [5, 5.41) is 10.1. The molecule has 3 aromatic carbocycles. The number of fused-ring (bicyclic) bond motifs is 2. The summed E-state index contributed by atoms with van der Waals surface area (Å²) in [7, 11) is 0. The number of carbonyl (C=O) groups excluding carboxylic acids is 1. The molecule has 5 heteroatoms. The molecule has 0 amide bonds. The van der Waals surface area contributed by atoms with E-state index in [1.807, 2.05) is 36.4 Å². The Morgan fingerprint density at radius 1 is 1.03 bits per heavy atom. The standard InChI is InChI=1S/C29H21FN2O2/c30-23-14-12-19(13-15-23)16-20-8-5-10-25-27(24-9-3-4-11-26(24)32-28(20)25)29(33)34-18-22-7-2-1-6-21(22)17-31/h1-4,6-7,9,11-16H,5,8,10,18H2. The van der Waals surface area contributed by atoms with Crippen LogP contribution in [0.3, 0.4) is 0 Å². The lowest BCUT2D eigenvalue weighted by molar-refractivity contribution is 0.0473. The minimum absolute atomic E-state index is 0.0201. The number of nitriles is 1. The third kappa shape index (κ3) is 4.18. The second-order valence-corrected chi connectivity index (χ2v) is 8.25. The first-order chi connectivity index (χ1) is 16.6. The van der Waals surface area contributed by atoms with Crippen LogP contribution in [0.25, 0.3) is 22.6 Å². The van der Waals surface area contributed by atoms with Crippen LogP contribution in [-0.4, -0.2) is 11.0 Å². The van der Waals surface area contributed by atoms with Gasteiger partial charge in [-0.25, -0.2) is 14.2 Å². The van der Waals surface area contributed by atoms with Crippen molar-refractivity contribution < 1.29 is 13.9 Å². The van der Waals surface area contributed by atoms with Gasteiger partial charge in [-0.3, -0.25) is 0 Å². The molecule has 0 N–H and O–H groups in total. The van der Waals surface area contributed by atoms with Crippen LogP contribution in [-0.2, 0) is 17.8 Å². The van der Waals surface area contributed by atoms with Gasteiger partial charge < -0.3 is 4.74 Å². The van der Waals surface area contributed by atoms with Crippen LogP contribution < -0.4 is 0 Å². The predicted molar refractivity (Wildman–Crippen MR) is 129 cm³/mol. The molecule has 4 nitrogen and oxygen atoms in total. The van der Waals surface area contributed by atoms with Crippen molar-refractivity contribution in [3.8, 4) is 6.07 Å². The fraction of sp³-hybridized carbons (Fsp3) is 0.138. The van der Waals surface area contributed by atoms with E-state index in [1.165, 1.54) is 12.1 Å². The third-order valence-electron chi connectivity index (χ3n) is 6.08. The van der Waals surface area contributed by atoms with E-state index in [2.05, 4.69) is 6.07 Å². The molecule has 1 heterocycles. The summed E-state index contributed by atoms with van der Waals surface area (Å²) in [4.78, 5) is 18.3. The van der Waals surface area contributed by atoms with Crippen molar-refractivity contribution >= 4 is 28.5 Å². The number of hydrogen-bond acceptors (Lipinski definition) is 4. The van der Waals surface area contributed by atoms with Crippen molar-refractivity contribution in [2.45, 2.75) is 25.9 Å². The van der Waals surface area contributed by atoms with Crippen molar-refractivity contribution in [2.75, 3.05) is 0 Å². The lowest BCUT2D eigenvalue weighted by Crippen LogP contribution is -2.15. The molecule has 0 radical (unpaired) electrons. The SMILES string of the molecule is N#Cc1ccccc1COC(=O)c1c2c(nc3ccccc13)C(=Cc1ccc(F)cc1)CCC2. The van der Waals surface area contributed by atoms with E-state index in [4.69, 9.17) is 9.72 Å². The maximum Gasteiger partial charge on any atom is 0.339 e. The van der Waals surface area contributed by atoms with Crippen LogP contribution in [0.2, 0.25) is 0 Å². The molecule has 0 bridgehead atoms. The van der Waals surface area contributed by atoms with Gasteiger partial charge in [0, 0.05) is 10.9 Å². The molecule has 5 rings (SSSR count). The predicted octanol–water partition coefficient (Wildman–Crippen LogP) is 6.48. The average molecular weight is 448 g/mol. The van der Waals surface area contributed by atoms with Gasteiger partial charge in [0.15, 0.2) is 0 Å². The van der Waals surface area contributed by atoms with Gasteiger partial charge in [0.25, 0.3) is 0 Å². The van der Waals surface area contributed by atoms with E-state index in [1.54, 1.807) is 30.3 Å².